The van der Waals surface area contributed by atoms with E-state index in [2.05, 4.69) is 40.6 Å². The molecule has 1 N–H and O–H groups in total. The lowest BCUT2D eigenvalue weighted by molar-refractivity contribution is 0.102. The fraction of sp³-hybridized carbons (Fsp3) is 0.185. The number of hydrogen-bond acceptors (Lipinski definition) is 5. The highest BCUT2D eigenvalue weighted by molar-refractivity contribution is 7.16. The number of benzene rings is 3. The van der Waals surface area contributed by atoms with Crippen LogP contribution in [-0.2, 0) is 19.5 Å². The van der Waals surface area contributed by atoms with E-state index in [9.17, 15) is 10.1 Å². The van der Waals surface area contributed by atoms with E-state index in [1.165, 1.54) is 16.9 Å². The number of nitrogens with one attached hydrogen (secondary N) is 1. The first-order chi connectivity index (χ1) is 16.2. The molecule has 7 heteroatoms. The molecule has 0 radical (unpaired) electrons. The molecule has 0 saturated carbocycles. The maximum atomic E-state index is 13.2. The van der Waals surface area contributed by atoms with Gasteiger partial charge in [0.15, 0.2) is 0 Å². The monoisotopic (exact) mass is 489 g/mol. The molecule has 5 nitrogen and oxygen atoms in total. The van der Waals surface area contributed by atoms with Crippen LogP contribution in [0.4, 0.5) is 5.00 Å². The highest BCUT2D eigenvalue weighted by Crippen LogP contribution is 2.38. The van der Waals surface area contributed by atoms with Crippen LogP contribution in [0.2, 0.25) is 0 Å². The molecule has 1 aliphatic heterocycles. The second kappa shape index (κ2) is 10.3. The summed E-state index contributed by atoms with van der Waals surface area (Å²) in [6, 6.07) is 24.3. The number of thiophene rings is 1. The second-order valence-corrected chi connectivity index (χ2v) is 9.22. The number of amides is 1. The van der Waals surface area contributed by atoms with Crippen molar-refractivity contribution < 1.29 is 9.53 Å². The van der Waals surface area contributed by atoms with Crippen LogP contribution in [0.15, 0.2) is 66.7 Å². The molecule has 0 unspecified atom stereocenters. The van der Waals surface area contributed by atoms with Crippen molar-refractivity contribution in [2.24, 2.45) is 0 Å². The molecule has 0 spiro atoms. The maximum Gasteiger partial charge on any atom is 0.260 e. The van der Waals surface area contributed by atoms with Crippen LogP contribution in [-0.4, -0.2) is 24.5 Å². The Morgan fingerprint density at radius 1 is 1.12 bits per heavy atom. The number of rotatable bonds is 5. The van der Waals surface area contributed by atoms with E-state index in [-0.39, 0.29) is 18.3 Å². The van der Waals surface area contributed by atoms with Crippen LogP contribution in [0.1, 0.15) is 31.9 Å². The van der Waals surface area contributed by atoms with E-state index in [0.29, 0.717) is 21.9 Å². The Labute approximate surface area is 209 Å². The number of nitriles is 1. The standard InChI is InChI=1S/C27H23N3O2S.ClH/c1-32-24-14-20-10-6-5-9-19(20)13-22(24)26(31)29-27-23(15-28)21-11-12-30(17-25(21)33-27)16-18-7-3-2-4-8-18;/h2-10,13-14H,11-12,16-17H2,1H3,(H,29,31);1H. The van der Waals surface area contributed by atoms with Crippen LogP contribution in [0.5, 0.6) is 5.75 Å². The Hall–Kier alpha value is -3.37. The molecule has 0 bridgehead atoms. The van der Waals surface area contributed by atoms with Gasteiger partial charge in [-0.25, -0.2) is 0 Å². The molecule has 172 valence electrons. The minimum atomic E-state index is -0.270. The first-order valence-corrected chi connectivity index (χ1v) is 11.7. The van der Waals surface area contributed by atoms with Crippen molar-refractivity contribution in [1.82, 2.24) is 4.90 Å². The average Bonchev–Trinajstić information content (AvgIpc) is 3.19. The number of nitrogens with zero attached hydrogens (tertiary/aromatic N) is 2. The van der Waals surface area contributed by atoms with Gasteiger partial charge in [-0.3, -0.25) is 9.69 Å². The number of anilines is 1. The zero-order chi connectivity index (χ0) is 22.8. The van der Waals surface area contributed by atoms with Gasteiger partial charge in [-0.05, 0) is 40.5 Å². The van der Waals surface area contributed by atoms with Crippen LogP contribution in [0, 0.1) is 11.3 Å². The van der Waals surface area contributed by atoms with Crippen LogP contribution in [0.25, 0.3) is 10.8 Å². The summed E-state index contributed by atoms with van der Waals surface area (Å²) in [5.41, 5.74) is 3.38. The van der Waals surface area contributed by atoms with Gasteiger partial charge in [0.25, 0.3) is 5.91 Å². The second-order valence-electron chi connectivity index (χ2n) is 8.12. The molecular formula is C27H24ClN3O2S. The Morgan fingerprint density at radius 2 is 1.82 bits per heavy atom. The summed E-state index contributed by atoms with van der Waals surface area (Å²) in [7, 11) is 1.56. The number of fused-ring (bicyclic) bond motifs is 2. The Morgan fingerprint density at radius 3 is 2.53 bits per heavy atom. The van der Waals surface area contributed by atoms with Crippen LogP contribution in [0.3, 0.4) is 0 Å². The molecule has 2 heterocycles. The van der Waals surface area contributed by atoms with Crippen molar-refractivity contribution in [1.29, 1.82) is 5.26 Å². The predicted molar refractivity (Wildman–Crippen MR) is 139 cm³/mol. The fourth-order valence-electron chi connectivity index (χ4n) is 4.38. The van der Waals surface area contributed by atoms with Gasteiger partial charge in [0, 0.05) is 24.5 Å². The number of halogens is 1. The SMILES string of the molecule is COc1cc2ccccc2cc1C(=O)Nc1sc2c(c1C#N)CCN(Cc1ccccc1)C2.Cl. The van der Waals surface area contributed by atoms with Gasteiger partial charge in [-0.1, -0.05) is 54.6 Å². The molecule has 34 heavy (non-hydrogen) atoms. The molecule has 1 aromatic heterocycles. The van der Waals surface area contributed by atoms with Crippen molar-refractivity contribution in [3.05, 3.63) is 93.9 Å². The summed E-state index contributed by atoms with van der Waals surface area (Å²) in [4.78, 5) is 16.7. The lowest BCUT2D eigenvalue weighted by Gasteiger charge is -2.26. The molecule has 3 aromatic carbocycles. The molecule has 0 fully saturated rings. The lowest BCUT2D eigenvalue weighted by Crippen LogP contribution is -2.29. The van der Waals surface area contributed by atoms with Gasteiger partial charge in [0.2, 0.25) is 0 Å². The van der Waals surface area contributed by atoms with Crippen LogP contribution >= 0.6 is 23.7 Å². The van der Waals surface area contributed by atoms with Crippen molar-refractivity contribution in [2.75, 3.05) is 19.0 Å². The first kappa shape index (κ1) is 23.8. The number of carbonyl (C=O) groups excluding carboxylic acids is 1. The van der Waals surface area contributed by atoms with Gasteiger partial charge >= 0.3 is 0 Å². The highest BCUT2D eigenvalue weighted by Gasteiger charge is 2.26. The van der Waals surface area contributed by atoms with E-state index in [1.807, 2.05) is 42.5 Å². The average molecular weight is 490 g/mol. The van der Waals surface area contributed by atoms with E-state index < -0.39 is 0 Å². The number of ether oxygens (including phenoxy) is 1. The predicted octanol–water partition coefficient (Wildman–Crippen LogP) is 6.01. The van der Waals surface area contributed by atoms with E-state index in [4.69, 9.17) is 4.74 Å². The zero-order valence-electron chi connectivity index (χ0n) is 18.7. The molecule has 4 aromatic rings. The topological polar surface area (TPSA) is 65.4 Å². The van der Waals surface area contributed by atoms with Gasteiger partial charge in [0.1, 0.15) is 16.8 Å². The Kier molecular flexibility index (Phi) is 7.18. The third kappa shape index (κ3) is 4.64. The molecule has 0 saturated heterocycles. The van der Waals surface area contributed by atoms with Crippen molar-refractivity contribution in [3.63, 3.8) is 0 Å². The highest BCUT2D eigenvalue weighted by atomic mass is 35.5. The number of methoxy groups -OCH3 is 1. The van der Waals surface area contributed by atoms with Gasteiger partial charge in [-0.15, -0.1) is 23.7 Å². The quantitative estimate of drug-likeness (QED) is 0.372. The summed E-state index contributed by atoms with van der Waals surface area (Å²) in [5, 5.41) is 15.4. The Bertz CT molecular complexity index is 1380. The summed E-state index contributed by atoms with van der Waals surface area (Å²) >= 11 is 1.50. The van der Waals surface area contributed by atoms with Gasteiger partial charge < -0.3 is 10.1 Å². The normalized spacial score (nSPS) is 12.9. The molecule has 1 aliphatic rings. The summed E-state index contributed by atoms with van der Waals surface area (Å²) in [6.07, 6.45) is 0.802. The zero-order valence-corrected chi connectivity index (χ0v) is 20.3. The minimum Gasteiger partial charge on any atom is -0.496 e. The molecule has 1 amide bonds. The third-order valence-corrected chi connectivity index (χ3v) is 7.17. The smallest absolute Gasteiger partial charge is 0.260 e. The first-order valence-electron chi connectivity index (χ1n) is 10.9. The number of hydrogen-bond donors (Lipinski definition) is 1. The van der Waals surface area contributed by atoms with Gasteiger partial charge in [-0.2, -0.15) is 5.26 Å². The van der Waals surface area contributed by atoms with E-state index in [0.717, 1.165) is 47.3 Å². The van der Waals surface area contributed by atoms with Crippen molar-refractivity contribution >= 4 is 45.4 Å². The van der Waals surface area contributed by atoms with Crippen LogP contribution < -0.4 is 10.1 Å². The lowest BCUT2D eigenvalue weighted by atomic mass is 10.0. The van der Waals surface area contributed by atoms with Crippen molar-refractivity contribution in [3.8, 4) is 11.8 Å². The third-order valence-electron chi connectivity index (χ3n) is 6.04. The summed E-state index contributed by atoms with van der Waals surface area (Å²) in [6.45, 7) is 2.54. The molecule has 0 aliphatic carbocycles. The molecule has 0 atom stereocenters. The summed E-state index contributed by atoms with van der Waals surface area (Å²) in [5.74, 6) is 0.244. The minimum absolute atomic E-state index is 0. The summed E-state index contributed by atoms with van der Waals surface area (Å²) < 4.78 is 5.49. The largest absolute Gasteiger partial charge is 0.496 e. The fourth-order valence-corrected chi connectivity index (χ4v) is 5.61. The maximum absolute atomic E-state index is 13.2. The molecular weight excluding hydrogens is 466 g/mol. The van der Waals surface area contributed by atoms with E-state index in [1.54, 1.807) is 7.11 Å². The van der Waals surface area contributed by atoms with Gasteiger partial charge in [0.05, 0.1) is 18.2 Å². The van der Waals surface area contributed by atoms with E-state index >= 15 is 0 Å². The Balaban J connectivity index is 0.00000274. The molecule has 5 rings (SSSR count). The number of carbonyl (C=O) groups is 1. The van der Waals surface area contributed by atoms with Crippen molar-refractivity contribution in [2.45, 2.75) is 19.5 Å².